The first-order valence-electron chi connectivity index (χ1n) is 10.4. The van der Waals surface area contributed by atoms with Crippen LogP contribution in [-0.2, 0) is 11.3 Å². The van der Waals surface area contributed by atoms with Crippen LogP contribution >= 0.6 is 31.9 Å². The Kier molecular flexibility index (Phi) is 6.25. The van der Waals surface area contributed by atoms with Crippen LogP contribution in [0.5, 0.6) is 5.75 Å². The number of benzene rings is 3. The summed E-state index contributed by atoms with van der Waals surface area (Å²) in [7, 11) is 1.62. The molecule has 4 aromatic rings. The van der Waals surface area contributed by atoms with E-state index >= 15 is 0 Å². The van der Waals surface area contributed by atoms with Crippen LogP contribution in [0.15, 0.2) is 85.6 Å². The van der Waals surface area contributed by atoms with Gasteiger partial charge in [0.1, 0.15) is 12.3 Å². The Morgan fingerprint density at radius 3 is 2.62 bits per heavy atom. The fourth-order valence-electron chi connectivity index (χ4n) is 3.59. The van der Waals surface area contributed by atoms with Gasteiger partial charge in [-0.2, -0.15) is 0 Å². The second-order valence-electron chi connectivity index (χ2n) is 7.51. The molecule has 0 fully saturated rings. The van der Waals surface area contributed by atoms with Gasteiger partial charge in [0.05, 0.1) is 18.0 Å². The van der Waals surface area contributed by atoms with Gasteiger partial charge in [0.2, 0.25) is 18.1 Å². The summed E-state index contributed by atoms with van der Waals surface area (Å²) in [5.41, 5.74) is 5.01. The van der Waals surface area contributed by atoms with E-state index < -0.39 is 6.23 Å². The summed E-state index contributed by atoms with van der Waals surface area (Å²) in [4.78, 5) is 18.3. The molecule has 0 spiro atoms. The van der Waals surface area contributed by atoms with Crippen molar-refractivity contribution in [2.45, 2.75) is 12.8 Å². The highest BCUT2D eigenvalue weighted by atomic mass is 79.9. The van der Waals surface area contributed by atoms with Crippen molar-refractivity contribution in [2.75, 3.05) is 12.4 Å². The third-order valence-corrected chi connectivity index (χ3v) is 6.34. The highest BCUT2D eigenvalue weighted by molar-refractivity contribution is 9.11. The smallest absolute Gasteiger partial charge is 0.263 e. The van der Waals surface area contributed by atoms with Gasteiger partial charge in [-0.3, -0.25) is 14.8 Å². The van der Waals surface area contributed by atoms with Gasteiger partial charge in [0.15, 0.2) is 0 Å². The first kappa shape index (κ1) is 22.4. The largest absolute Gasteiger partial charge is 0.497 e. The van der Waals surface area contributed by atoms with Crippen LogP contribution in [0.3, 0.4) is 0 Å². The molecule has 0 amide bonds. The lowest BCUT2D eigenvalue weighted by molar-refractivity contribution is 0.185. The molecule has 1 atom stereocenters. The first-order valence-corrected chi connectivity index (χ1v) is 11.9. The minimum absolute atomic E-state index is 0.0979. The molecule has 5 rings (SSSR count). The van der Waals surface area contributed by atoms with Crippen molar-refractivity contribution in [3.05, 3.63) is 91.6 Å². The van der Waals surface area contributed by atoms with E-state index in [1.807, 2.05) is 60.7 Å². The maximum absolute atomic E-state index is 13.6. The van der Waals surface area contributed by atoms with Crippen molar-refractivity contribution in [1.29, 1.82) is 0 Å². The Morgan fingerprint density at radius 1 is 1.12 bits per heavy atom. The second kappa shape index (κ2) is 9.47. The molecule has 1 aliphatic rings. The lowest BCUT2D eigenvalue weighted by Crippen LogP contribution is -2.28. The van der Waals surface area contributed by atoms with E-state index in [2.05, 4.69) is 47.7 Å². The normalized spacial score (nSPS) is 14.9. The topological polar surface area (TPSA) is 89.8 Å². The van der Waals surface area contributed by atoms with Gasteiger partial charge in [-0.15, -0.1) is 5.10 Å². The summed E-state index contributed by atoms with van der Waals surface area (Å²) in [5.74, 6) is 1.51. The monoisotopic (exact) mass is 583 g/mol. The zero-order valence-electron chi connectivity index (χ0n) is 18.0. The van der Waals surface area contributed by atoms with Gasteiger partial charge in [0, 0.05) is 20.2 Å². The highest BCUT2D eigenvalue weighted by Gasteiger charge is 2.24. The summed E-state index contributed by atoms with van der Waals surface area (Å²) < 4.78 is 14.2. The number of nitrogens with zero attached hydrogens (tertiary/aromatic N) is 3. The number of anilines is 2. The fraction of sp³-hybridized carbons (Fsp3) is 0.125. The van der Waals surface area contributed by atoms with Crippen LogP contribution in [0.4, 0.5) is 11.6 Å². The summed E-state index contributed by atoms with van der Waals surface area (Å²) in [5, 5.41) is 8.04. The average Bonchev–Trinajstić information content (AvgIpc) is 3.32. The van der Waals surface area contributed by atoms with E-state index in [1.165, 1.54) is 4.57 Å². The Balaban J connectivity index is 1.49. The molecule has 10 heteroatoms. The van der Waals surface area contributed by atoms with Crippen LogP contribution in [-0.4, -0.2) is 22.6 Å². The molecule has 1 aromatic heterocycles. The maximum atomic E-state index is 13.6. The van der Waals surface area contributed by atoms with Crippen molar-refractivity contribution in [2.24, 2.45) is 5.10 Å². The minimum Gasteiger partial charge on any atom is -0.497 e. The van der Waals surface area contributed by atoms with Gasteiger partial charge in [-0.25, -0.2) is 4.98 Å². The molecule has 2 heterocycles. The van der Waals surface area contributed by atoms with Crippen molar-refractivity contribution in [3.63, 3.8) is 0 Å². The van der Waals surface area contributed by atoms with Crippen molar-refractivity contribution in [3.8, 4) is 5.75 Å². The number of hydrogen-bond donors (Lipinski definition) is 2. The van der Waals surface area contributed by atoms with E-state index in [-0.39, 0.29) is 12.1 Å². The predicted molar refractivity (Wildman–Crippen MR) is 139 cm³/mol. The standard InChI is InChI=1S/C24H19Br2N5O3/c1-33-17-9-7-14(8-10-17)22-30-29-20(34-22)13-31-23(32)18-11-15(25)12-19(26)21(18)28-24(31)27-16-5-3-2-4-6-16/h2-12,22,30H,13H2,1H3,(H,27,28). The van der Waals surface area contributed by atoms with Crippen LogP contribution < -0.4 is 21.0 Å². The number of hydrazone groups is 1. The molecule has 0 aliphatic carbocycles. The molecule has 3 aromatic carbocycles. The van der Waals surface area contributed by atoms with E-state index in [0.29, 0.717) is 27.2 Å². The van der Waals surface area contributed by atoms with Crippen molar-refractivity contribution < 1.29 is 9.47 Å². The summed E-state index contributed by atoms with van der Waals surface area (Å²) in [6.45, 7) is 0.0979. The van der Waals surface area contributed by atoms with E-state index in [0.717, 1.165) is 21.5 Å². The number of para-hydroxylation sites is 1. The second-order valence-corrected chi connectivity index (χ2v) is 9.28. The molecule has 8 nitrogen and oxygen atoms in total. The zero-order valence-corrected chi connectivity index (χ0v) is 21.1. The Bertz CT molecular complexity index is 1440. The highest BCUT2D eigenvalue weighted by Crippen LogP contribution is 2.28. The molecule has 2 N–H and O–H groups in total. The Morgan fingerprint density at radius 2 is 1.88 bits per heavy atom. The molecule has 34 heavy (non-hydrogen) atoms. The van der Waals surface area contributed by atoms with Crippen LogP contribution in [0, 0.1) is 0 Å². The minimum atomic E-state index is -0.459. The van der Waals surface area contributed by atoms with Crippen molar-refractivity contribution in [1.82, 2.24) is 15.0 Å². The molecule has 0 saturated heterocycles. The molecular weight excluding hydrogens is 566 g/mol. The van der Waals surface area contributed by atoms with Gasteiger partial charge < -0.3 is 14.8 Å². The van der Waals surface area contributed by atoms with E-state index in [9.17, 15) is 4.79 Å². The number of ether oxygens (including phenoxy) is 2. The molecule has 0 bridgehead atoms. The van der Waals surface area contributed by atoms with Gasteiger partial charge in [-0.1, -0.05) is 34.1 Å². The molecular formula is C24H19Br2N5O3. The average molecular weight is 585 g/mol. The summed E-state index contributed by atoms with van der Waals surface area (Å²) >= 11 is 6.98. The maximum Gasteiger partial charge on any atom is 0.263 e. The van der Waals surface area contributed by atoms with Gasteiger partial charge in [-0.05, 0) is 64.5 Å². The predicted octanol–water partition coefficient (Wildman–Crippen LogP) is 5.31. The molecule has 172 valence electrons. The summed E-state index contributed by atoms with van der Waals surface area (Å²) in [6.07, 6.45) is -0.459. The fourth-order valence-corrected chi connectivity index (χ4v) is 4.91. The van der Waals surface area contributed by atoms with E-state index in [4.69, 9.17) is 14.5 Å². The quantitative estimate of drug-likeness (QED) is 0.319. The van der Waals surface area contributed by atoms with Crippen molar-refractivity contribution >= 4 is 60.3 Å². The molecule has 0 saturated carbocycles. The van der Waals surface area contributed by atoms with E-state index in [1.54, 1.807) is 13.2 Å². The van der Waals surface area contributed by atoms with Gasteiger partial charge in [0.25, 0.3) is 5.56 Å². The molecule has 0 radical (unpaired) electrons. The first-order chi connectivity index (χ1) is 16.5. The molecule has 1 aliphatic heterocycles. The third-order valence-electron chi connectivity index (χ3n) is 5.28. The Labute approximate surface area is 211 Å². The number of hydrogen-bond acceptors (Lipinski definition) is 7. The Hall–Kier alpha value is -3.37. The third kappa shape index (κ3) is 4.51. The van der Waals surface area contributed by atoms with Crippen LogP contribution in [0.2, 0.25) is 0 Å². The SMILES string of the molecule is COc1ccc(C2NN=C(Cn3c(Nc4ccccc4)nc4c(Br)cc(Br)cc4c3=O)O2)cc1. The number of nitrogens with one attached hydrogen (secondary N) is 2. The van der Waals surface area contributed by atoms with Crippen LogP contribution in [0.1, 0.15) is 11.8 Å². The van der Waals surface area contributed by atoms with Crippen LogP contribution in [0.25, 0.3) is 10.9 Å². The lowest BCUT2D eigenvalue weighted by Gasteiger charge is -2.16. The zero-order chi connectivity index (χ0) is 23.7. The number of rotatable bonds is 6. The number of halogens is 2. The number of fused-ring (bicyclic) bond motifs is 1. The summed E-state index contributed by atoms with van der Waals surface area (Å²) in [6, 6.07) is 20.7. The van der Waals surface area contributed by atoms with Gasteiger partial charge >= 0.3 is 0 Å². The molecule has 1 unspecified atom stereocenters. The lowest BCUT2D eigenvalue weighted by atomic mass is 10.2. The number of methoxy groups -OCH3 is 1. The number of aromatic nitrogens is 2.